The second kappa shape index (κ2) is 6.23. The number of ketones is 1. The summed E-state index contributed by atoms with van der Waals surface area (Å²) in [6.07, 6.45) is 2.69. The van der Waals surface area contributed by atoms with Crippen molar-refractivity contribution in [3.8, 4) is 0 Å². The molecule has 3 heteroatoms. The summed E-state index contributed by atoms with van der Waals surface area (Å²) in [7, 11) is 0. The highest BCUT2D eigenvalue weighted by atomic mass is 16.5. The van der Waals surface area contributed by atoms with Crippen LogP contribution in [0.1, 0.15) is 33.1 Å². The summed E-state index contributed by atoms with van der Waals surface area (Å²) in [4.78, 5) is 12.1. The molecule has 1 saturated heterocycles. The highest BCUT2D eigenvalue weighted by Crippen LogP contribution is 2.22. The van der Waals surface area contributed by atoms with Crippen LogP contribution in [-0.4, -0.2) is 25.5 Å². The molecule has 0 bridgehead atoms. The second-order valence-corrected chi connectivity index (χ2v) is 4.85. The lowest BCUT2D eigenvalue weighted by Crippen LogP contribution is -2.33. The molecule has 2 N–H and O–H groups in total. The fourth-order valence-electron chi connectivity index (χ4n) is 2.21. The Hall–Kier alpha value is -0.410. The molecule has 0 saturated carbocycles. The van der Waals surface area contributed by atoms with E-state index in [1.807, 2.05) is 0 Å². The van der Waals surface area contributed by atoms with E-state index < -0.39 is 0 Å². The smallest absolute Gasteiger partial charge is 0.140 e. The van der Waals surface area contributed by atoms with Crippen LogP contribution in [0.4, 0.5) is 0 Å². The van der Waals surface area contributed by atoms with E-state index in [0.717, 1.165) is 32.5 Å². The van der Waals surface area contributed by atoms with Gasteiger partial charge in [0.25, 0.3) is 0 Å². The van der Waals surface area contributed by atoms with Crippen molar-refractivity contribution in [3.05, 3.63) is 0 Å². The fraction of sp³-hybridized carbons (Fsp3) is 0.917. The number of ether oxygens (including phenoxy) is 1. The van der Waals surface area contributed by atoms with E-state index in [9.17, 15) is 4.79 Å². The first-order chi connectivity index (χ1) is 7.15. The monoisotopic (exact) mass is 213 g/mol. The molecule has 0 radical (unpaired) electrons. The Labute approximate surface area is 92.4 Å². The third-order valence-electron chi connectivity index (χ3n) is 3.07. The normalized spacial score (nSPS) is 20.5. The van der Waals surface area contributed by atoms with E-state index in [4.69, 9.17) is 10.5 Å². The zero-order valence-corrected chi connectivity index (χ0v) is 9.87. The van der Waals surface area contributed by atoms with Gasteiger partial charge in [0.05, 0.1) is 0 Å². The molecule has 3 nitrogen and oxygen atoms in total. The maximum Gasteiger partial charge on any atom is 0.140 e. The molecular weight excluding hydrogens is 190 g/mol. The lowest BCUT2D eigenvalue weighted by atomic mass is 9.83. The van der Waals surface area contributed by atoms with Crippen molar-refractivity contribution in [2.75, 3.05) is 19.8 Å². The Morgan fingerprint density at radius 2 is 2.00 bits per heavy atom. The number of Topliss-reactive ketones (excluding diaryl/α,β-unsaturated/α-hetero) is 1. The summed E-state index contributed by atoms with van der Waals surface area (Å²) in [6.45, 7) is 6.24. The van der Waals surface area contributed by atoms with E-state index in [1.165, 1.54) is 0 Å². The van der Waals surface area contributed by atoms with E-state index >= 15 is 0 Å². The van der Waals surface area contributed by atoms with Crippen molar-refractivity contribution in [2.45, 2.75) is 33.1 Å². The van der Waals surface area contributed by atoms with E-state index in [0.29, 0.717) is 18.2 Å². The molecule has 1 unspecified atom stereocenters. The molecule has 0 amide bonds. The Kier molecular flexibility index (Phi) is 5.26. The first kappa shape index (κ1) is 12.7. The summed E-state index contributed by atoms with van der Waals surface area (Å²) in [6, 6.07) is 0. The van der Waals surface area contributed by atoms with Gasteiger partial charge in [-0.1, -0.05) is 13.8 Å². The highest BCUT2D eigenvalue weighted by Gasteiger charge is 2.27. The molecule has 0 aromatic heterocycles. The van der Waals surface area contributed by atoms with Gasteiger partial charge in [-0.3, -0.25) is 4.79 Å². The van der Waals surface area contributed by atoms with Crippen molar-refractivity contribution >= 4 is 5.78 Å². The molecular formula is C12H23NO2. The summed E-state index contributed by atoms with van der Waals surface area (Å²) >= 11 is 0. The first-order valence-corrected chi connectivity index (χ1v) is 5.96. The van der Waals surface area contributed by atoms with E-state index in [1.54, 1.807) is 0 Å². The Balaban J connectivity index is 2.47. The molecule has 1 aliphatic rings. The minimum Gasteiger partial charge on any atom is -0.381 e. The molecule has 0 aromatic carbocycles. The molecule has 1 aliphatic heterocycles. The van der Waals surface area contributed by atoms with Crippen molar-refractivity contribution < 1.29 is 9.53 Å². The van der Waals surface area contributed by atoms with Gasteiger partial charge in [-0.05, 0) is 25.2 Å². The number of hydrogen-bond acceptors (Lipinski definition) is 3. The van der Waals surface area contributed by atoms with Gasteiger partial charge >= 0.3 is 0 Å². The van der Waals surface area contributed by atoms with Gasteiger partial charge in [-0.15, -0.1) is 0 Å². The van der Waals surface area contributed by atoms with Gasteiger partial charge in [0.1, 0.15) is 5.78 Å². The highest BCUT2D eigenvalue weighted by molar-refractivity contribution is 5.83. The topological polar surface area (TPSA) is 52.3 Å². The third-order valence-corrected chi connectivity index (χ3v) is 3.07. The predicted molar refractivity (Wildman–Crippen MR) is 60.5 cm³/mol. The van der Waals surface area contributed by atoms with Crippen LogP contribution >= 0.6 is 0 Å². The summed E-state index contributed by atoms with van der Waals surface area (Å²) in [5.41, 5.74) is 5.68. The summed E-state index contributed by atoms with van der Waals surface area (Å²) < 4.78 is 5.26. The van der Waals surface area contributed by atoms with Crippen LogP contribution in [0.2, 0.25) is 0 Å². The number of carbonyl (C=O) groups excluding carboxylic acids is 1. The van der Waals surface area contributed by atoms with Crippen LogP contribution in [0.5, 0.6) is 0 Å². The number of carbonyl (C=O) groups is 1. The summed E-state index contributed by atoms with van der Waals surface area (Å²) in [5, 5.41) is 0. The molecule has 1 rings (SSSR count). The molecule has 0 spiro atoms. The molecule has 15 heavy (non-hydrogen) atoms. The number of nitrogens with two attached hydrogens (primary N) is 1. The van der Waals surface area contributed by atoms with Gasteiger partial charge in [0.15, 0.2) is 0 Å². The standard InChI is InChI=1S/C12H23NO2/c1-9(2)7-11(8-13)12(14)10-3-5-15-6-4-10/h9-11H,3-8,13H2,1-2H3. The maximum atomic E-state index is 12.1. The molecule has 1 heterocycles. The summed E-state index contributed by atoms with van der Waals surface area (Å²) in [5.74, 6) is 1.18. The lowest BCUT2D eigenvalue weighted by Gasteiger charge is -2.25. The Bertz CT molecular complexity index is 198. The van der Waals surface area contributed by atoms with Gasteiger partial charge in [0, 0.05) is 31.6 Å². The number of hydrogen-bond donors (Lipinski definition) is 1. The van der Waals surface area contributed by atoms with Crippen LogP contribution in [0, 0.1) is 17.8 Å². The molecule has 88 valence electrons. The van der Waals surface area contributed by atoms with Crippen LogP contribution in [0.25, 0.3) is 0 Å². The largest absolute Gasteiger partial charge is 0.381 e. The molecule has 0 aliphatic carbocycles. The van der Waals surface area contributed by atoms with Crippen molar-refractivity contribution in [3.63, 3.8) is 0 Å². The minimum absolute atomic E-state index is 0.0631. The zero-order chi connectivity index (χ0) is 11.3. The van der Waals surface area contributed by atoms with Crippen molar-refractivity contribution in [1.82, 2.24) is 0 Å². The fourth-order valence-corrected chi connectivity index (χ4v) is 2.21. The van der Waals surface area contributed by atoms with Gasteiger partial charge in [-0.25, -0.2) is 0 Å². The van der Waals surface area contributed by atoms with Crippen LogP contribution in [0.3, 0.4) is 0 Å². The van der Waals surface area contributed by atoms with Gasteiger partial charge < -0.3 is 10.5 Å². The molecule has 1 atom stereocenters. The quantitative estimate of drug-likeness (QED) is 0.754. The SMILES string of the molecule is CC(C)CC(CN)C(=O)C1CCOCC1. The third kappa shape index (κ3) is 3.92. The van der Waals surface area contributed by atoms with Crippen LogP contribution in [0.15, 0.2) is 0 Å². The average Bonchev–Trinajstić information content (AvgIpc) is 2.26. The van der Waals surface area contributed by atoms with Crippen LogP contribution < -0.4 is 5.73 Å². The predicted octanol–water partition coefficient (Wildman–Crippen LogP) is 1.60. The van der Waals surface area contributed by atoms with Crippen LogP contribution in [-0.2, 0) is 9.53 Å². The van der Waals surface area contributed by atoms with Gasteiger partial charge in [0.2, 0.25) is 0 Å². The number of rotatable bonds is 5. The second-order valence-electron chi connectivity index (χ2n) is 4.85. The first-order valence-electron chi connectivity index (χ1n) is 5.96. The minimum atomic E-state index is 0.0631. The van der Waals surface area contributed by atoms with E-state index in [2.05, 4.69) is 13.8 Å². The lowest BCUT2D eigenvalue weighted by molar-refractivity contribution is -0.129. The maximum absolute atomic E-state index is 12.1. The Morgan fingerprint density at radius 3 is 2.47 bits per heavy atom. The Morgan fingerprint density at radius 1 is 1.40 bits per heavy atom. The van der Waals surface area contributed by atoms with Crippen molar-refractivity contribution in [2.24, 2.45) is 23.5 Å². The van der Waals surface area contributed by atoms with Gasteiger partial charge in [-0.2, -0.15) is 0 Å². The zero-order valence-electron chi connectivity index (χ0n) is 9.87. The molecule has 0 aromatic rings. The average molecular weight is 213 g/mol. The molecule has 1 fully saturated rings. The van der Waals surface area contributed by atoms with E-state index in [-0.39, 0.29) is 11.8 Å². The van der Waals surface area contributed by atoms with Crippen molar-refractivity contribution in [1.29, 1.82) is 0 Å².